The summed E-state index contributed by atoms with van der Waals surface area (Å²) in [5.74, 6) is 3.81. The van der Waals surface area contributed by atoms with Gasteiger partial charge >= 0.3 is 11.9 Å². The second-order valence-electron chi connectivity index (χ2n) is 10.5. The minimum Gasteiger partial charge on any atom is -0.478 e. The molecule has 0 radical (unpaired) electrons. The monoisotopic (exact) mass is 438 g/mol. The van der Waals surface area contributed by atoms with Crippen LogP contribution in [0.2, 0.25) is 0 Å². The molecule has 4 nitrogen and oxygen atoms in total. The van der Waals surface area contributed by atoms with E-state index in [-0.39, 0.29) is 12.2 Å². The van der Waals surface area contributed by atoms with Crippen LogP contribution >= 0.6 is 11.3 Å². The van der Waals surface area contributed by atoms with Crippen LogP contribution in [0.25, 0.3) is 5.57 Å². The van der Waals surface area contributed by atoms with Gasteiger partial charge in [0.2, 0.25) is 0 Å². The van der Waals surface area contributed by atoms with Gasteiger partial charge < -0.3 is 9.84 Å². The molecule has 0 aromatic carbocycles. The van der Waals surface area contributed by atoms with E-state index in [0.717, 1.165) is 53.2 Å². The Morgan fingerprint density at radius 3 is 2.29 bits per heavy atom. The van der Waals surface area contributed by atoms with E-state index >= 15 is 0 Å². The smallest absolute Gasteiger partial charge is 0.339 e. The SMILES string of the molecule is CCOC(=O)/C(C(C(=O)O)=C1C2CC3C4CC5CC3C1C(C5)C4C2)=C(\C)c1ccsc1. The molecule has 7 aliphatic carbocycles. The lowest BCUT2D eigenvalue weighted by Gasteiger charge is -2.70. The van der Waals surface area contributed by atoms with Gasteiger partial charge in [0.15, 0.2) is 0 Å². The highest BCUT2D eigenvalue weighted by Crippen LogP contribution is 2.73. The molecule has 1 aromatic rings. The fourth-order valence-corrected chi connectivity index (χ4v) is 9.40. The molecule has 5 heteroatoms. The summed E-state index contributed by atoms with van der Waals surface area (Å²) in [6.07, 6.45) is 6.20. The third-order valence-electron chi connectivity index (χ3n) is 9.41. The Balaban J connectivity index is 1.55. The molecule has 7 fully saturated rings. The molecular formula is C26H30O4S. The van der Waals surface area contributed by atoms with Gasteiger partial charge in [0.05, 0.1) is 17.8 Å². The number of esters is 1. The Labute approximate surface area is 187 Å². The average Bonchev–Trinajstić information content (AvgIpc) is 3.29. The van der Waals surface area contributed by atoms with Gasteiger partial charge in [-0.15, -0.1) is 0 Å². The second kappa shape index (κ2) is 7.06. The largest absolute Gasteiger partial charge is 0.478 e. The van der Waals surface area contributed by atoms with E-state index in [0.29, 0.717) is 29.2 Å². The summed E-state index contributed by atoms with van der Waals surface area (Å²) in [6, 6.07) is 1.96. The molecule has 1 heterocycles. The van der Waals surface area contributed by atoms with Crippen LogP contribution in [0, 0.1) is 47.3 Å². The van der Waals surface area contributed by atoms with Crippen LogP contribution in [0.5, 0.6) is 0 Å². The number of aliphatic carboxylic acids is 1. The molecule has 0 amide bonds. The van der Waals surface area contributed by atoms with Gasteiger partial charge in [0.25, 0.3) is 0 Å². The summed E-state index contributed by atoms with van der Waals surface area (Å²) >= 11 is 1.56. The number of carboxylic acids is 1. The van der Waals surface area contributed by atoms with Gasteiger partial charge in [-0.3, -0.25) is 0 Å². The number of ether oxygens (including phenoxy) is 1. The summed E-state index contributed by atoms with van der Waals surface area (Å²) in [7, 11) is 0. The van der Waals surface area contributed by atoms with Crippen molar-refractivity contribution in [3.63, 3.8) is 0 Å². The predicted molar refractivity (Wildman–Crippen MR) is 119 cm³/mol. The molecule has 4 unspecified atom stereocenters. The number of carbonyl (C=O) groups is 2. The maximum absolute atomic E-state index is 13.2. The Morgan fingerprint density at radius 1 is 1.06 bits per heavy atom. The van der Waals surface area contributed by atoms with Crippen LogP contribution in [-0.2, 0) is 14.3 Å². The molecule has 8 bridgehead atoms. The molecule has 0 aliphatic heterocycles. The van der Waals surface area contributed by atoms with Crippen molar-refractivity contribution < 1.29 is 19.4 Å². The number of thiophene rings is 1. The van der Waals surface area contributed by atoms with Gasteiger partial charge in [0.1, 0.15) is 0 Å². The highest BCUT2D eigenvalue weighted by molar-refractivity contribution is 7.08. The number of rotatable bonds is 5. The lowest BCUT2D eigenvalue weighted by atomic mass is 9.34. The average molecular weight is 439 g/mol. The molecule has 1 N–H and O–H groups in total. The zero-order chi connectivity index (χ0) is 21.4. The summed E-state index contributed by atoms with van der Waals surface area (Å²) in [6.45, 7) is 3.90. The van der Waals surface area contributed by atoms with Gasteiger partial charge in [-0.1, -0.05) is 0 Å². The highest BCUT2D eigenvalue weighted by atomic mass is 32.1. The molecule has 164 valence electrons. The van der Waals surface area contributed by atoms with E-state index in [2.05, 4.69) is 0 Å². The number of carbonyl (C=O) groups excluding carboxylic acids is 1. The van der Waals surface area contributed by atoms with Gasteiger partial charge in [-0.25, -0.2) is 9.59 Å². The van der Waals surface area contributed by atoms with Crippen molar-refractivity contribution in [2.75, 3.05) is 6.61 Å². The minimum atomic E-state index is -0.955. The Hall–Kier alpha value is -1.88. The second-order valence-corrected chi connectivity index (χ2v) is 11.2. The third kappa shape index (κ3) is 2.71. The fraction of sp³-hybridized carbons (Fsp3) is 0.615. The van der Waals surface area contributed by atoms with E-state index in [1.54, 1.807) is 18.3 Å². The van der Waals surface area contributed by atoms with Gasteiger partial charge in [-0.2, -0.15) is 11.3 Å². The molecule has 7 aliphatic rings. The van der Waals surface area contributed by atoms with Crippen molar-refractivity contribution in [2.45, 2.75) is 46.0 Å². The Bertz CT molecular complexity index is 979. The van der Waals surface area contributed by atoms with Crippen molar-refractivity contribution in [1.29, 1.82) is 0 Å². The molecule has 0 saturated heterocycles. The molecule has 4 atom stereocenters. The van der Waals surface area contributed by atoms with Crippen molar-refractivity contribution in [2.24, 2.45) is 47.3 Å². The van der Waals surface area contributed by atoms with Crippen LogP contribution in [0.3, 0.4) is 0 Å². The van der Waals surface area contributed by atoms with Crippen LogP contribution in [0.15, 0.2) is 33.5 Å². The highest BCUT2D eigenvalue weighted by Gasteiger charge is 2.65. The number of allylic oxidation sites excluding steroid dienone is 2. The first-order valence-corrected chi connectivity index (χ1v) is 12.8. The van der Waals surface area contributed by atoms with E-state index < -0.39 is 11.9 Å². The zero-order valence-corrected chi connectivity index (χ0v) is 19.0. The first-order chi connectivity index (χ1) is 15.0. The first kappa shape index (κ1) is 19.8. The first-order valence-electron chi connectivity index (χ1n) is 11.9. The normalized spacial score (nSPS) is 41.4. The molecule has 0 spiro atoms. The van der Waals surface area contributed by atoms with Crippen LogP contribution in [0.1, 0.15) is 51.5 Å². The standard InChI is InChI=1S/C26H30O4S/c1-3-30-26(29)21(12(2)14-4-5-31-11-14)24(25(27)28)22-15-9-17-16-6-13-7-19(17)23(22)20(8-13)18(16)10-15/h4-5,11,13,15-20,23H,3,6-10H2,1-2H3,(H,27,28)/b21-12+,24-22?. The van der Waals surface area contributed by atoms with Gasteiger partial charge in [0, 0.05) is 0 Å². The van der Waals surface area contributed by atoms with Crippen molar-refractivity contribution in [3.8, 4) is 0 Å². The Morgan fingerprint density at radius 2 is 1.71 bits per heavy atom. The zero-order valence-electron chi connectivity index (χ0n) is 18.2. The molecular weight excluding hydrogens is 408 g/mol. The van der Waals surface area contributed by atoms with Crippen molar-refractivity contribution in [1.82, 2.24) is 0 Å². The maximum atomic E-state index is 13.2. The third-order valence-corrected chi connectivity index (χ3v) is 10.1. The van der Waals surface area contributed by atoms with Crippen molar-refractivity contribution in [3.05, 3.63) is 39.1 Å². The lowest BCUT2D eigenvalue weighted by Crippen LogP contribution is -2.63. The molecule has 7 saturated carbocycles. The van der Waals surface area contributed by atoms with Crippen LogP contribution < -0.4 is 0 Å². The maximum Gasteiger partial charge on any atom is 0.339 e. The quantitative estimate of drug-likeness (QED) is 0.493. The van der Waals surface area contributed by atoms with E-state index in [1.807, 2.05) is 23.8 Å². The fourth-order valence-electron chi connectivity index (χ4n) is 8.69. The predicted octanol–water partition coefficient (Wildman–Crippen LogP) is 5.41. The molecule has 31 heavy (non-hydrogen) atoms. The summed E-state index contributed by atoms with van der Waals surface area (Å²) in [4.78, 5) is 26.0. The summed E-state index contributed by atoms with van der Waals surface area (Å²) < 4.78 is 5.42. The number of carboxylic acid groups (broad SMARTS) is 1. The molecule has 1 aromatic heterocycles. The summed E-state index contributed by atoms with van der Waals surface area (Å²) in [5.41, 5.74) is 3.32. The lowest BCUT2D eigenvalue weighted by molar-refractivity contribution is -0.177. The number of hydrogen-bond acceptors (Lipinski definition) is 4. The Kier molecular flexibility index (Phi) is 4.51. The van der Waals surface area contributed by atoms with Crippen molar-refractivity contribution >= 4 is 28.8 Å². The minimum absolute atomic E-state index is 0.243. The molecule has 8 rings (SSSR count). The van der Waals surface area contributed by atoms with E-state index in [1.165, 1.54) is 19.3 Å². The topological polar surface area (TPSA) is 63.6 Å². The van der Waals surface area contributed by atoms with E-state index in [4.69, 9.17) is 4.74 Å². The van der Waals surface area contributed by atoms with Crippen LogP contribution in [0.4, 0.5) is 0 Å². The van der Waals surface area contributed by atoms with Gasteiger partial charge in [-0.05, 0) is 127 Å². The van der Waals surface area contributed by atoms with E-state index in [9.17, 15) is 14.7 Å². The number of hydrogen-bond donors (Lipinski definition) is 1. The summed E-state index contributed by atoms with van der Waals surface area (Å²) in [5, 5.41) is 14.5. The van der Waals surface area contributed by atoms with Crippen LogP contribution in [-0.4, -0.2) is 23.7 Å².